The van der Waals surface area contributed by atoms with Gasteiger partial charge in [-0.05, 0) is 53.4 Å². The van der Waals surface area contributed by atoms with E-state index in [1.165, 1.54) is 35.5 Å². The zero-order chi connectivity index (χ0) is 20.0. The number of aromatic amines is 1. The van der Waals surface area contributed by atoms with Crippen LogP contribution < -0.4 is 15.1 Å². The first-order valence-corrected chi connectivity index (χ1v) is 10.4. The minimum atomic E-state index is -0.713. The number of nitrogens with zero attached hydrogens (tertiary/aromatic N) is 3. The molecule has 0 unspecified atom stereocenters. The fraction of sp³-hybridized carbons (Fsp3) is 0.158. The van der Waals surface area contributed by atoms with E-state index in [1.807, 2.05) is 6.07 Å². The number of H-pyrrole nitrogens is 1. The summed E-state index contributed by atoms with van der Waals surface area (Å²) in [5.41, 5.74) is 1.84. The topological polar surface area (TPSA) is 69.9 Å². The standard InChI is InChI=1S/C19H14BrFN4O2S/c1-10(26)24-15-8-5-12(20)9-14(15)16-17(27)22-19(28-2)23-25(16)18(24)11-3-6-13(21)7-4-11/h3-9,18H,1-2H3/p+1/t18-/m1/s1. The van der Waals surface area contributed by atoms with Crippen LogP contribution in [0.1, 0.15) is 18.7 Å². The first kappa shape index (κ1) is 18.8. The van der Waals surface area contributed by atoms with Gasteiger partial charge in [0.15, 0.2) is 0 Å². The first-order chi connectivity index (χ1) is 13.4. The number of carbonyl (C=O) groups is 1. The molecule has 0 fully saturated rings. The monoisotopic (exact) mass is 461 g/mol. The summed E-state index contributed by atoms with van der Waals surface area (Å²) < 4.78 is 15.8. The summed E-state index contributed by atoms with van der Waals surface area (Å²) >= 11 is 4.72. The summed E-state index contributed by atoms with van der Waals surface area (Å²) in [6.07, 6.45) is 1.09. The van der Waals surface area contributed by atoms with Crippen molar-refractivity contribution in [3.8, 4) is 11.3 Å². The fourth-order valence-electron chi connectivity index (χ4n) is 3.36. The molecular weight excluding hydrogens is 447 g/mol. The summed E-state index contributed by atoms with van der Waals surface area (Å²) in [4.78, 5) is 29.9. The molecule has 0 aliphatic carbocycles. The molecule has 6 nitrogen and oxygen atoms in total. The number of anilines is 1. The maximum Gasteiger partial charge on any atom is 0.325 e. The van der Waals surface area contributed by atoms with Gasteiger partial charge >= 0.3 is 11.3 Å². The third-order valence-corrected chi connectivity index (χ3v) is 5.58. The van der Waals surface area contributed by atoms with Crippen LogP contribution in [0.15, 0.2) is 56.9 Å². The second-order valence-electron chi connectivity index (χ2n) is 6.23. The molecule has 0 spiro atoms. The lowest BCUT2D eigenvalue weighted by atomic mass is 10.0. The van der Waals surface area contributed by atoms with Gasteiger partial charge < -0.3 is 0 Å². The molecule has 28 heavy (non-hydrogen) atoms. The van der Waals surface area contributed by atoms with Crippen molar-refractivity contribution < 1.29 is 13.9 Å². The summed E-state index contributed by atoms with van der Waals surface area (Å²) in [6, 6.07) is 11.2. The van der Waals surface area contributed by atoms with Gasteiger partial charge in [0.05, 0.1) is 11.3 Å². The first-order valence-electron chi connectivity index (χ1n) is 8.36. The number of thioether (sulfide) groups is 1. The average Bonchev–Trinajstić information content (AvgIpc) is 2.67. The Morgan fingerprint density at radius 1 is 1.29 bits per heavy atom. The van der Waals surface area contributed by atoms with Crippen LogP contribution in [0, 0.1) is 5.82 Å². The molecule has 142 valence electrons. The Hall–Kier alpha value is -2.52. The van der Waals surface area contributed by atoms with E-state index in [9.17, 15) is 14.0 Å². The van der Waals surface area contributed by atoms with Gasteiger partial charge in [0.1, 0.15) is 5.82 Å². The van der Waals surface area contributed by atoms with Gasteiger partial charge in [-0.15, -0.1) is 0 Å². The number of hydrogen-bond donors (Lipinski definition) is 1. The molecule has 2 heterocycles. The second kappa shape index (κ2) is 7.14. The molecule has 4 rings (SSSR count). The average molecular weight is 462 g/mol. The van der Waals surface area contributed by atoms with E-state index >= 15 is 0 Å². The van der Waals surface area contributed by atoms with E-state index in [4.69, 9.17) is 0 Å². The number of hydrogen-bond acceptors (Lipinski definition) is 4. The van der Waals surface area contributed by atoms with Gasteiger partial charge in [-0.3, -0.25) is 14.6 Å². The van der Waals surface area contributed by atoms with Gasteiger partial charge in [-0.2, -0.15) is 0 Å². The molecule has 1 atom stereocenters. The number of nitrogens with one attached hydrogen (secondary N) is 1. The number of aromatic nitrogens is 3. The van der Waals surface area contributed by atoms with Crippen LogP contribution >= 0.6 is 27.7 Å². The van der Waals surface area contributed by atoms with Crippen LogP contribution in [0.5, 0.6) is 0 Å². The third kappa shape index (κ3) is 3.04. The lowest BCUT2D eigenvalue weighted by molar-refractivity contribution is -0.763. The largest absolute Gasteiger partial charge is 0.325 e. The van der Waals surface area contributed by atoms with Gasteiger partial charge in [-0.1, -0.05) is 27.7 Å². The van der Waals surface area contributed by atoms with Crippen molar-refractivity contribution in [2.45, 2.75) is 18.2 Å². The molecule has 0 saturated carbocycles. The van der Waals surface area contributed by atoms with Crippen LogP contribution in [0.2, 0.25) is 0 Å². The molecule has 1 N–H and O–H groups in total. The van der Waals surface area contributed by atoms with E-state index < -0.39 is 6.17 Å². The Morgan fingerprint density at radius 2 is 2.00 bits per heavy atom. The van der Waals surface area contributed by atoms with Crippen LogP contribution in [-0.2, 0) is 4.79 Å². The number of fused-ring (bicyclic) bond motifs is 3. The third-order valence-electron chi connectivity index (χ3n) is 4.51. The molecule has 2 aromatic carbocycles. The Labute approximate surface area is 172 Å². The molecule has 1 aliphatic rings. The van der Waals surface area contributed by atoms with Crippen molar-refractivity contribution in [1.82, 2.24) is 10.1 Å². The van der Waals surface area contributed by atoms with Crippen molar-refractivity contribution in [2.24, 2.45) is 0 Å². The fourth-order valence-corrected chi connectivity index (χ4v) is 4.09. The normalized spacial score (nSPS) is 15.1. The quantitative estimate of drug-likeness (QED) is 0.469. The zero-order valence-corrected chi connectivity index (χ0v) is 17.3. The second-order valence-corrected chi connectivity index (χ2v) is 7.94. The molecule has 1 aliphatic heterocycles. The SMILES string of the molecule is CSc1n[n+]2c(c(=O)[nH]1)-c1cc(Br)ccc1N(C(C)=O)[C@H]2c1ccc(F)cc1. The van der Waals surface area contributed by atoms with Crippen molar-refractivity contribution in [2.75, 3.05) is 11.2 Å². The molecule has 0 radical (unpaired) electrons. The number of benzene rings is 2. The predicted molar refractivity (Wildman–Crippen MR) is 108 cm³/mol. The molecule has 0 saturated heterocycles. The highest BCUT2D eigenvalue weighted by molar-refractivity contribution is 9.10. The van der Waals surface area contributed by atoms with Gasteiger partial charge in [0, 0.05) is 22.1 Å². The van der Waals surface area contributed by atoms with Crippen LogP contribution in [0.4, 0.5) is 10.1 Å². The molecule has 3 aromatic rings. The molecular formula is C19H15BrFN4O2S+. The maximum absolute atomic E-state index is 13.5. The minimum absolute atomic E-state index is 0.219. The Balaban J connectivity index is 2.10. The molecule has 9 heteroatoms. The van der Waals surface area contributed by atoms with Gasteiger partial charge in [0.2, 0.25) is 11.1 Å². The Bertz CT molecular complexity index is 1150. The van der Waals surface area contributed by atoms with Crippen LogP contribution in [0.25, 0.3) is 11.3 Å². The highest BCUT2D eigenvalue weighted by Crippen LogP contribution is 2.38. The lowest BCUT2D eigenvalue weighted by Crippen LogP contribution is -2.60. The summed E-state index contributed by atoms with van der Waals surface area (Å²) in [7, 11) is 0. The van der Waals surface area contributed by atoms with E-state index in [1.54, 1.807) is 35.4 Å². The molecule has 1 amide bonds. The number of amides is 1. The molecule has 1 aromatic heterocycles. The lowest BCUT2D eigenvalue weighted by Gasteiger charge is -2.31. The highest BCUT2D eigenvalue weighted by Gasteiger charge is 2.44. The summed E-state index contributed by atoms with van der Waals surface area (Å²) in [6.45, 7) is 1.45. The summed E-state index contributed by atoms with van der Waals surface area (Å²) in [5.74, 6) is -0.601. The van der Waals surface area contributed by atoms with Crippen LogP contribution in [0.3, 0.4) is 0 Å². The number of rotatable bonds is 2. The van der Waals surface area contributed by atoms with Crippen molar-refractivity contribution in [1.29, 1.82) is 0 Å². The van der Waals surface area contributed by atoms with E-state index in [2.05, 4.69) is 26.0 Å². The van der Waals surface area contributed by atoms with Crippen molar-refractivity contribution in [3.05, 3.63) is 68.7 Å². The minimum Gasteiger partial charge on any atom is -0.291 e. The Kier molecular flexibility index (Phi) is 4.80. The van der Waals surface area contributed by atoms with Gasteiger partial charge in [-0.25, -0.2) is 9.29 Å². The van der Waals surface area contributed by atoms with Crippen LogP contribution in [-0.4, -0.2) is 22.2 Å². The number of halogens is 2. The van der Waals surface area contributed by atoms with Crippen molar-refractivity contribution >= 4 is 39.3 Å². The Morgan fingerprint density at radius 3 is 2.64 bits per heavy atom. The van der Waals surface area contributed by atoms with E-state index in [0.717, 1.165) is 4.47 Å². The smallest absolute Gasteiger partial charge is 0.291 e. The molecule has 0 bridgehead atoms. The van der Waals surface area contributed by atoms with E-state index in [0.29, 0.717) is 27.7 Å². The van der Waals surface area contributed by atoms with E-state index in [-0.39, 0.29) is 17.3 Å². The maximum atomic E-state index is 13.5. The van der Waals surface area contributed by atoms with Gasteiger partial charge in [0.25, 0.3) is 6.17 Å². The van der Waals surface area contributed by atoms with Crippen molar-refractivity contribution in [3.63, 3.8) is 0 Å². The summed E-state index contributed by atoms with van der Waals surface area (Å²) in [5, 5.41) is 4.97. The predicted octanol–water partition coefficient (Wildman–Crippen LogP) is 3.26. The number of carbonyl (C=O) groups excluding carboxylic acids is 1. The zero-order valence-electron chi connectivity index (χ0n) is 14.9. The highest BCUT2D eigenvalue weighted by atomic mass is 79.9.